The van der Waals surface area contributed by atoms with Gasteiger partial charge in [0.05, 0.1) is 0 Å². The lowest BCUT2D eigenvalue weighted by Gasteiger charge is -2.14. The average Bonchev–Trinajstić information content (AvgIpc) is 2.85. The van der Waals surface area contributed by atoms with Crippen LogP contribution in [0.15, 0.2) is 30.6 Å². The Morgan fingerprint density at radius 1 is 1.40 bits per heavy atom. The van der Waals surface area contributed by atoms with Crippen LogP contribution in [-0.4, -0.2) is 9.55 Å². The first-order valence-electron chi connectivity index (χ1n) is 5.96. The molecule has 0 aliphatic rings. The largest absolute Gasteiger partial charge is 0.485 e. The number of rotatable bonds is 5. The maximum absolute atomic E-state index is 13.2. The summed E-state index contributed by atoms with van der Waals surface area (Å²) in [7, 11) is 0. The molecular formula is C13H14F3N3O. The van der Waals surface area contributed by atoms with Crippen molar-refractivity contribution in [2.24, 2.45) is 5.73 Å². The number of aromatic nitrogens is 2. The van der Waals surface area contributed by atoms with Crippen LogP contribution in [0, 0.1) is 5.82 Å². The van der Waals surface area contributed by atoms with Crippen molar-refractivity contribution in [3.63, 3.8) is 0 Å². The number of halogens is 3. The summed E-state index contributed by atoms with van der Waals surface area (Å²) in [4.78, 5) is 3.80. The molecule has 0 aliphatic carbocycles. The molecular weight excluding hydrogens is 271 g/mol. The first-order valence-corrected chi connectivity index (χ1v) is 5.96. The molecule has 4 nitrogen and oxygen atoms in total. The van der Waals surface area contributed by atoms with E-state index in [1.54, 1.807) is 6.92 Å². The quantitative estimate of drug-likeness (QED) is 0.918. The highest BCUT2D eigenvalue weighted by molar-refractivity contribution is 5.36. The number of hydrogen-bond acceptors (Lipinski definition) is 3. The molecule has 108 valence electrons. The molecule has 2 aromatic rings. The molecule has 0 amide bonds. The van der Waals surface area contributed by atoms with Gasteiger partial charge in [-0.3, -0.25) is 4.57 Å². The Bertz CT molecular complexity index is 584. The van der Waals surface area contributed by atoms with Crippen molar-refractivity contribution in [3.8, 4) is 5.75 Å². The van der Waals surface area contributed by atoms with Crippen LogP contribution in [0.1, 0.15) is 30.9 Å². The van der Waals surface area contributed by atoms with E-state index in [1.807, 2.05) is 0 Å². The van der Waals surface area contributed by atoms with E-state index in [1.165, 1.54) is 30.6 Å². The first kappa shape index (κ1) is 14.4. The molecule has 0 radical (unpaired) electrons. The Balaban J connectivity index is 2.17. The Morgan fingerprint density at radius 3 is 2.80 bits per heavy atom. The summed E-state index contributed by atoms with van der Waals surface area (Å²) in [6.45, 7) is -1.15. The molecule has 0 unspecified atom stereocenters. The normalized spacial score (nSPS) is 12.7. The molecule has 2 rings (SSSR count). The summed E-state index contributed by atoms with van der Waals surface area (Å²) < 4.78 is 44.6. The van der Waals surface area contributed by atoms with Crippen LogP contribution in [0.5, 0.6) is 5.75 Å². The van der Waals surface area contributed by atoms with Crippen LogP contribution < -0.4 is 10.5 Å². The SMILES string of the molecule is C[C@@H](N)c1cc(F)ccc1OCc1nccn1C(F)F. The van der Waals surface area contributed by atoms with E-state index in [9.17, 15) is 13.2 Å². The van der Waals surface area contributed by atoms with Gasteiger partial charge in [-0.25, -0.2) is 9.37 Å². The molecule has 1 aromatic carbocycles. The van der Waals surface area contributed by atoms with Crippen molar-refractivity contribution in [2.45, 2.75) is 26.1 Å². The standard InChI is InChI=1S/C13H14F3N3O/c1-8(17)10-6-9(14)2-3-11(10)20-7-12-18-4-5-19(12)13(15)16/h2-6,8,13H,7,17H2,1H3/t8-/m1/s1. The van der Waals surface area contributed by atoms with Gasteiger partial charge in [-0.05, 0) is 25.1 Å². The number of alkyl halides is 2. The van der Waals surface area contributed by atoms with Crippen molar-refractivity contribution in [1.29, 1.82) is 0 Å². The van der Waals surface area contributed by atoms with Gasteiger partial charge in [0, 0.05) is 24.0 Å². The lowest BCUT2D eigenvalue weighted by molar-refractivity contribution is 0.0632. The highest BCUT2D eigenvalue weighted by Gasteiger charge is 2.14. The van der Waals surface area contributed by atoms with Crippen LogP contribution in [0.4, 0.5) is 13.2 Å². The second kappa shape index (κ2) is 5.96. The molecule has 0 aliphatic heterocycles. The van der Waals surface area contributed by atoms with Gasteiger partial charge in [-0.2, -0.15) is 8.78 Å². The molecule has 1 heterocycles. The molecule has 20 heavy (non-hydrogen) atoms. The summed E-state index contributed by atoms with van der Waals surface area (Å²) in [5.41, 5.74) is 6.20. The fraction of sp³-hybridized carbons (Fsp3) is 0.308. The molecule has 1 atom stereocenters. The zero-order chi connectivity index (χ0) is 14.7. The van der Waals surface area contributed by atoms with Gasteiger partial charge >= 0.3 is 6.55 Å². The Morgan fingerprint density at radius 2 is 2.15 bits per heavy atom. The zero-order valence-corrected chi connectivity index (χ0v) is 10.8. The molecule has 2 N–H and O–H groups in total. The van der Waals surface area contributed by atoms with Crippen LogP contribution >= 0.6 is 0 Å². The van der Waals surface area contributed by atoms with Crippen LogP contribution in [-0.2, 0) is 6.61 Å². The van der Waals surface area contributed by atoms with Gasteiger partial charge < -0.3 is 10.5 Å². The monoisotopic (exact) mass is 285 g/mol. The fourth-order valence-corrected chi connectivity index (χ4v) is 1.78. The number of benzene rings is 1. The van der Waals surface area contributed by atoms with E-state index in [0.717, 1.165) is 0 Å². The number of hydrogen-bond donors (Lipinski definition) is 1. The predicted molar refractivity (Wildman–Crippen MR) is 66.8 cm³/mol. The smallest absolute Gasteiger partial charge is 0.320 e. The average molecular weight is 285 g/mol. The molecule has 0 fully saturated rings. The Hall–Kier alpha value is -2.02. The first-order chi connectivity index (χ1) is 9.49. The van der Waals surface area contributed by atoms with E-state index in [4.69, 9.17) is 10.5 Å². The van der Waals surface area contributed by atoms with Gasteiger partial charge in [0.1, 0.15) is 18.2 Å². The van der Waals surface area contributed by atoms with Gasteiger partial charge in [-0.1, -0.05) is 0 Å². The van der Waals surface area contributed by atoms with E-state index >= 15 is 0 Å². The Kier molecular flexibility index (Phi) is 4.29. The summed E-state index contributed by atoms with van der Waals surface area (Å²) in [5.74, 6) is 0.00361. The number of imidazole rings is 1. The molecule has 0 spiro atoms. The second-order valence-corrected chi connectivity index (χ2v) is 4.29. The molecule has 0 bridgehead atoms. The van der Waals surface area contributed by atoms with E-state index in [-0.39, 0.29) is 12.4 Å². The van der Waals surface area contributed by atoms with E-state index < -0.39 is 18.4 Å². The van der Waals surface area contributed by atoms with E-state index in [0.29, 0.717) is 15.9 Å². The Labute approximate surface area is 114 Å². The highest BCUT2D eigenvalue weighted by Crippen LogP contribution is 2.25. The molecule has 0 saturated carbocycles. The van der Waals surface area contributed by atoms with Gasteiger partial charge in [-0.15, -0.1) is 0 Å². The molecule has 0 saturated heterocycles. The topological polar surface area (TPSA) is 53.1 Å². The van der Waals surface area contributed by atoms with Crippen molar-refractivity contribution >= 4 is 0 Å². The fourth-order valence-electron chi connectivity index (χ4n) is 1.78. The van der Waals surface area contributed by atoms with Crippen LogP contribution in [0.3, 0.4) is 0 Å². The van der Waals surface area contributed by atoms with Crippen molar-refractivity contribution < 1.29 is 17.9 Å². The van der Waals surface area contributed by atoms with Crippen molar-refractivity contribution in [2.75, 3.05) is 0 Å². The predicted octanol–water partition coefficient (Wildman–Crippen LogP) is 3.02. The van der Waals surface area contributed by atoms with Gasteiger partial charge in [0.2, 0.25) is 0 Å². The summed E-state index contributed by atoms with van der Waals surface area (Å²) in [5, 5.41) is 0. The summed E-state index contributed by atoms with van der Waals surface area (Å²) in [6, 6.07) is 3.47. The van der Waals surface area contributed by atoms with Crippen LogP contribution in [0.2, 0.25) is 0 Å². The maximum Gasteiger partial charge on any atom is 0.320 e. The number of nitrogens with two attached hydrogens (primary N) is 1. The third-order valence-corrected chi connectivity index (χ3v) is 2.78. The van der Waals surface area contributed by atoms with E-state index in [2.05, 4.69) is 4.98 Å². The summed E-state index contributed by atoms with van der Waals surface area (Å²) >= 11 is 0. The third-order valence-electron chi connectivity index (χ3n) is 2.78. The number of nitrogens with zero attached hydrogens (tertiary/aromatic N) is 2. The number of ether oxygens (including phenoxy) is 1. The van der Waals surface area contributed by atoms with Gasteiger partial charge in [0.25, 0.3) is 0 Å². The molecule has 7 heteroatoms. The van der Waals surface area contributed by atoms with Gasteiger partial charge in [0.15, 0.2) is 5.82 Å². The van der Waals surface area contributed by atoms with Crippen molar-refractivity contribution in [1.82, 2.24) is 9.55 Å². The highest BCUT2D eigenvalue weighted by atomic mass is 19.3. The minimum Gasteiger partial charge on any atom is -0.485 e. The maximum atomic E-state index is 13.2. The lowest BCUT2D eigenvalue weighted by Crippen LogP contribution is -2.11. The summed E-state index contributed by atoms with van der Waals surface area (Å²) in [6.07, 6.45) is 2.43. The molecule has 1 aromatic heterocycles. The minimum atomic E-state index is -2.68. The third kappa shape index (κ3) is 3.11. The minimum absolute atomic E-state index is 0.0833. The van der Waals surface area contributed by atoms with Crippen LogP contribution in [0.25, 0.3) is 0 Å². The second-order valence-electron chi connectivity index (χ2n) is 4.29. The zero-order valence-electron chi connectivity index (χ0n) is 10.8. The lowest BCUT2D eigenvalue weighted by atomic mass is 10.1. The van der Waals surface area contributed by atoms with Crippen molar-refractivity contribution in [3.05, 3.63) is 47.8 Å².